The number of ether oxygens (including phenoxy) is 15. The Morgan fingerprint density at radius 2 is 0.610 bits per heavy atom. The van der Waals surface area contributed by atoms with Gasteiger partial charge in [0.2, 0.25) is 23.6 Å². The molecule has 8 aliphatic heterocycles. The number of hydrogen-bond donors (Lipinski definition) is 25. The van der Waals surface area contributed by atoms with Crippen molar-refractivity contribution in [2.24, 2.45) is 0 Å². The van der Waals surface area contributed by atoms with E-state index in [2.05, 4.69) is 21.3 Å². The van der Waals surface area contributed by atoms with Crippen LogP contribution in [0.5, 0.6) is 0 Å². The largest absolute Gasteiger partial charge is 0.394 e. The molecule has 0 saturated carbocycles. The van der Waals surface area contributed by atoms with Gasteiger partial charge in [0, 0.05) is 27.7 Å². The van der Waals surface area contributed by atoms with Crippen molar-refractivity contribution in [2.45, 2.75) is 280 Å². The summed E-state index contributed by atoms with van der Waals surface area (Å²) < 4.78 is 88.2. The van der Waals surface area contributed by atoms with E-state index in [4.69, 9.17) is 71.1 Å². The first-order valence-electron chi connectivity index (χ1n) is 32.0. The summed E-state index contributed by atoms with van der Waals surface area (Å²) in [6.45, 7) is -1.77. The molecule has 8 fully saturated rings. The molecule has 0 radical (unpaired) electrons. The zero-order valence-corrected chi connectivity index (χ0v) is 54.2. The van der Waals surface area contributed by atoms with E-state index in [0.717, 1.165) is 27.7 Å². The highest BCUT2D eigenvalue weighted by Gasteiger charge is 2.59. The molecular formula is C56H94N4O40. The normalized spacial score (nSPS) is 48.7. The van der Waals surface area contributed by atoms with Crippen molar-refractivity contribution >= 4 is 23.6 Å². The summed E-state index contributed by atoms with van der Waals surface area (Å²) in [7, 11) is 0. The van der Waals surface area contributed by atoms with E-state index in [1.807, 2.05) is 0 Å². The SMILES string of the molecule is CC(=O)N[C@@H]1[C@@H](O)[C@H](O[C@@H]2O[C@H](CO)[C@@H](O[C@@H]3O[C@H](CO[C@H]4O[C@H](CO)[C@@H](O)[C@H](O)[C@@H]4O[C@@H]4O[C@H](CO)[C@@H](O)[C@H](O)[C@H]4NC(C)=O)[C@@H](O)[C@H](O[C@H]4O[C@H](CO)[C@@H](O[C@@H]5O[C@H](CO)[C@@H](O)[C@H](O)[C@H]5NC(C)=O)[C@H](O)[C@@H]4O)[C@@H]3O)[C@H](O)[C@H]2NC(C)=O)[C@@H](CO[C@H]2O[C@H](C)[C@H](O)[C@H](O)[C@H]2O)O[C@H]1O. The van der Waals surface area contributed by atoms with Crippen LogP contribution in [0, 0.1) is 0 Å². The van der Waals surface area contributed by atoms with Crippen LogP contribution in [-0.2, 0) is 90.2 Å². The minimum atomic E-state index is -2.46. The Morgan fingerprint density at radius 3 is 1.10 bits per heavy atom. The topological polar surface area (TPSA) is 680 Å². The predicted molar refractivity (Wildman–Crippen MR) is 309 cm³/mol. The second-order valence-corrected chi connectivity index (χ2v) is 25.4. The van der Waals surface area contributed by atoms with Crippen molar-refractivity contribution in [3.63, 3.8) is 0 Å². The van der Waals surface area contributed by atoms with Gasteiger partial charge in [0.15, 0.2) is 50.3 Å². The second-order valence-electron chi connectivity index (χ2n) is 25.4. The molecule has 25 N–H and O–H groups in total. The first kappa shape index (κ1) is 82.1. The summed E-state index contributed by atoms with van der Waals surface area (Å²) in [6, 6.07) is -6.95. The van der Waals surface area contributed by atoms with E-state index in [0.29, 0.717) is 0 Å². The molecule has 0 aromatic carbocycles. The zero-order valence-electron chi connectivity index (χ0n) is 54.2. The molecule has 0 aromatic rings. The van der Waals surface area contributed by atoms with Gasteiger partial charge in [-0.2, -0.15) is 0 Å². The van der Waals surface area contributed by atoms with Crippen LogP contribution in [-0.4, -0.2) is 423 Å². The van der Waals surface area contributed by atoms with E-state index < -0.39 is 315 Å². The zero-order chi connectivity index (χ0) is 73.8. The highest BCUT2D eigenvalue weighted by atomic mass is 16.8. The number of hydrogen-bond acceptors (Lipinski definition) is 40. The maximum absolute atomic E-state index is 13.0. The van der Waals surface area contributed by atoms with E-state index in [9.17, 15) is 126 Å². The quantitative estimate of drug-likeness (QED) is 0.0404. The lowest BCUT2D eigenvalue weighted by atomic mass is 9.93. The standard InChI is InChI=1S/C56H94N4O40/c1-13-29(70)38(79)41(82)53(88-13)86-12-24-46(36(77)25(49(85)89-24)57-14(2)66)97-52-28(60-17(5)69)37(78)44(21(9-64)93-52)98-55-43(84)47(99-54-42(83)40(81)45(22(10-65)94-54)96-50-26(58-15(3)67)34(75)30(71)18(6-61)90-50)33(74)23(95-55)11-87-56-48(39(80)32(73)20(8-63)92-56)100-51-27(59-16(4)68)35(76)31(72)19(7-62)91-51/h13,18-56,61-65,70-85H,6-12H2,1-5H3,(H,57,66)(H,58,67)(H,59,68)(H,60,69)/t13-,18-,19-,20-,21-,22-,23-,24-,25-,26-,27-,28-,29+,30-,31-,32-,33-,34-,35-,36-,37-,38+,39+,40-,41-,42+,43+,44-,45-,46-,47+,48+,49-,50+,51+,52+,53+,54-,55+,56+/m1/s1. The van der Waals surface area contributed by atoms with Gasteiger partial charge in [0.25, 0.3) is 0 Å². The van der Waals surface area contributed by atoms with Crippen LogP contribution in [0.3, 0.4) is 0 Å². The molecule has 8 saturated heterocycles. The fourth-order valence-corrected chi connectivity index (χ4v) is 12.8. The summed E-state index contributed by atoms with van der Waals surface area (Å²) >= 11 is 0. The second kappa shape index (κ2) is 35.7. The van der Waals surface area contributed by atoms with Crippen LogP contribution >= 0.6 is 0 Å². The number of aliphatic hydroxyl groups excluding tert-OH is 21. The Kier molecular flexibility index (Phi) is 29.3. The fraction of sp³-hybridized carbons (Fsp3) is 0.929. The number of carbonyl (C=O) groups excluding carboxylic acids is 4. The Morgan fingerprint density at radius 1 is 0.280 bits per heavy atom. The lowest BCUT2D eigenvalue weighted by molar-refractivity contribution is -0.391. The predicted octanol–water partition coefficient (Wildman–Crippen LogP) is -16.8. The maximum atomic E-state index is 13.0. The summed E-state index contributed by atoms with van der Waals surface area (Å²) in [5.74, 6) is -3.34. The molecular weight excluding hydrogens is 1370 g/mol. The van der Waals surface area contributed by atoms with Crippen LogP contribution in [0.4, 0.5) is 0 Å². The lowest BCUT2D eigenvalue weighted by Gasteiger charge is -2.51. The smallest absolute Gasteiger partial charge is 0.217 e. The summed E-state index contributed by atoms with van der Waals surface area (Å²) in [5.41, 5.74) is 0. The van der Waals surface area contributed by atoms with Gasteiger partial charge in [-0.25, -0.2) is 0 Å². The van der Waals surface area contributed by atoms with E-state index in [1.165, 1.54) is 6.92 Å². The van der Waals surface area contributed by atoms with Crippen LogP contribution in [0.25, 0.3) is 0 Å². The average molecular weight is 1460 g/mol. The van der Waals surface area contributed by atoms with Crippen molar-refractivity contribution < 1.29 is 197 Å². The Labute approximate surface area is 567 Å². The minimum Gasteiger partial charge on any atom is -0.394 e. The first-order chi connectivity index (χ1) is 47.2. The van der Waals surface area contributed by atoms with Gasteiger partial charge in [0.1, 0.15) is 189 Å². The van der Waals surface area contributed by atoms with Gasteiger partial charge in [0.05, 0.1) is 52.4 Å². The molecule has 0 unspecified atom stereocenters. The van der Waals surface area contributed by atoms with Crippen LogP contribution in [0.15, 0.2) is 0 Å². The molecule has 8 heterocycles. The first-order valence-corrected chi connectivity index (χ1v) is 32.0. The third-order valence-electron chi connectivity index (χ3n) is 18.2. The molecule has 0 aromatic heterocycles. The number of amides is 4. The lowest BCUT2D eigenvalue weighted by Crippen LogP contribution is -2.70. The molecule has 4 amide bonds. The number of nitrogens with one attached hydrogen (secondary N) is 4. The van der Waals surface area contributed by atoms with E-state index >= 15 is 0 Å². The third kappa shape index (κ3) is 18.3. The molecule has 100 heavy (non-hydrogen) atoms. The number of carbonyl (C=O) groups is 4. The molecule has 8 rings (SSSR count). The van der Waals surface area contributed by atoms with E-state index in [-0.39, 0.29) is 0 Å². The van der Waals surface area contributed by atoms with Gasteiger partial charge in [-0.05, 0) is 6.92 Å². The molecule has 0 bridgehead atoms. The Hall–Kier alpha value is -3.56. The maximum Gasteiger partial charge on any atom is 0.217 e. The highest BCUT2D eigenvalue weighted by Crippen LogP contribution is 2.38. The molecule has 0 aliphatic carbocycles. The average Bonchev–Trinajstić information content (AvgIpc) is 0.774. The molecule has 44 heteroatoms. The van der Waals surface area contributed by atoms with Gasteiger partial charge < -0.3 is 200 Å². The fourth-order valence-electron chi connectivity index (χ4n) is 12.8. The molecule has 44 nitrogen and oxygen atoms in total. The Balaban J connectivity index is 1.10. The molecule has 0 spiro atoms. The van der Waals surface area contributed by atoms with Crippen molar-refractivity contribution in [1.29, 1.82) is 0 Å². The number of rotatable bonds is 25. The van der Waals surface area contributed by atoms with Crippen molar-refractivity contribution in [1.82, 2.24) is 21.3 Å². The van der Waals surface area contributed by atoms with Crippen molar-refractivity contribution in [3.05, 3.63) is 0 Å². The molecule has 40 atom stereocenters. The van der Waals surface area contributed by atoms with Gasteiger partial charge in [-0.1, -0.05) is 0 Å². The summed E-state index contributed by atoms with van der Waals surface area (Å²) in [4.78, 5) is 49.9. The van der Waals surface area contributed by atoms with Gasteiger partial charge in [-0.3, -0.25) is 19.2 Å². The third-order valence-corrected chi connectivity index (χ3v) is 18.2. The van der Waals surface area contributed by atoms with Crippen LogP contribution < -0.4 is 21.3 Å². The monoisotopic (exact) mass is 1460 g/mol. The highest BCUT2D eigenvalue weighted by molar-refractivity contribution is 5.74. The Bertz CT molecular complexity index is 2620. The molecule has 8 aliphatic rings. The summed E-state index contributed by atoms with van der Waals surface area (Å²) in [5, 5.41) is 242. The van der Waals surface area contributed by atoms with Crippen LogP contribution in [0.2, 0.25) is 0 Å². The molecule has 578 valence electrons. The van der Waals surface area contributed by atoms with Crippen molar-refractivity contribution in [3.8, 4) is 0 Å². The summed E-state index contributed by atoms with van der Waals surface area (Å²) in [6.07, 6.45) is -70.7. The van der Waals surface area contributed by atoms with Crippen LogP contribution in [0.1, 0.15) is 34.6 Å². The number of aliphatic hydroxyl groups is 21. The van der Waals surface area contributed by atoms with Gasteiger partial charge >= 0.3 is 0 Å². The van der Waals surface area contributed by atoms with E-state index in [1.54, 1.807) is 0 Å². The minimum absolute atomic E-state index is 0.791. The van der Waals surface area contributed by atoms with Crippen molar-refractivity contribution in [2.75, 3.05) is 46.2 Å². The van der Waals surface area contributed by atoms with Gasteiger partial charge in [-0.15, -0.1) is 0 Å².